The molecule has 1 aliphatic carbocycles. The van der Waals surface area contributed by atoms with Crippen LogP contribution in [0.25, 0.3) is 0 Å². The lowest BCUT2D eigenvalue weighted by atomic mass is 9.87. The van der Waals surface area contributed by atoms with Crippen molar-refractivity contribution >= 4 is 38.9 Å². The van der Waals surface area contributed by atoms with Crippen LogP contribution in [0.1, 0.15) is 45.1 Å². The zero-order valence-corrected chi connectivity index (χ0v) is 16.2. The van der Waals surface area contributed by atoms with Crippen molar-refractivity contribution in [1.29, 1.82) is 0 Å². The van der Waals surface area contributed by atoms with Gasteiger partial charge in [0.2, 0.25) is 5.91 Å². The molecule has 1 aliphatic rings. The first-order chi connectivity index (χ1) is 11.2. The van der Waals surface area contributed by atoms with Crippen LogP contribution in [0.4, 0.5) is 0 Å². The maximum absolute atomic E-state index is 12.5. The highest BCUT2D eigenvalue weighted by Gasteiger charge is 2.30. The number of hydrogen-bond acceptors (Lipinski definition) is 3. The third kappa shape index (κ3) is 5.11. The lowest BCUT2D eigenvalue weighted by molar-refractivity contribution is -0.121. The summed E-state index contributed by atoms with van der Waals surface area (Å²) in [6, 6.07) is 4.77. The standard InChI is InChI=1S/C17H23Cl2NO3S/c1-11-3-6-14(7-4-11)20-17(21)12(2)24(22,23)10-13-5-8-15(18)16(19)9-13/h5,8-9,11-12,14H,3-4,6-7,10H2,1-2H3,(H,20,21)/t11?,12-,14?/m1/s1. The van der Waals surface area contributed by atoms with E-state index >= 15 is 0 Å². The molecule has 0 unspecified atom stereocenters. The van der Waals surface area contributed by atoms with Crippen LogP contribution >= 0.6 is 23.2 Å². The van der Waals surface area contributed by atoms with Crippen LogP contribution in [0.15, 0.2) is 18.2 Å². The van der Waals surface area contributed by atoms with Crippen molar-refractivity contribution in [1.82, 2.24) is 5.32 Å². The summed E-state index contributed by atoms with van der Waals surface area (Å²) in [5.41, 5.74) is 0.524. The summed E-state index contributed by atoms with van der Waals surface area (Å²) in [5, 5.41) is 2.47. The van der Waals surface area contributed by atoms with Crippen molar-refractivity contribution in [3.8, 4) is 0 Å². The minimum atomic E-state index is -3.62. The van der Waals surface area contributed by atoms with Gasteiger partial charge in [0.1, 0.15) is 5.25 Å². The van der Waals surface area contributed by atoms with Gasteiger partial charge in [-0.15, -0.1) is 0 Å². The van der Waals surface area contributed by atoms with Gasteiger partial charge in [-0.2, -0.15) is 0 Å². The Labute approximate surface area is 153 Å². The lowest BCUT2D eigenvalue weighted by Gasteiger charge is -2.27. The van der Waals surface area contributed by atoms with Crippen LogP contribution in [0.5, 0.6) is 0 Å². The Morgan fingerprint density at radius 2 is 1.83 bits per heavy atom. The van der Waals surface area contributed by atoms with Crippen molar-refractivity contribution in [3.05, 3.63) is 33.8 Å². The SMILES string of the molecule is CC1CCC(NC(=O)[C@@H](C)S(=O)(=O)Cc2ccc(Cl)c(Cl)c2)CC1. The summed E-state index contributed by atoms with van der Waals surface area (Å²) >= 11 is 11.8. The van der Waals surface area contributed by atoms with Crippen LogP contribution in [-0.4, -0.2) is 25.6 Å². The second kappa shape index (κ2) is 8.07. The minimum absolute atomic E-state index is 0.0799. The fourth-order valence-electron chi connectivity index (χ4n) is 2.87. The van der Waals surface area contributed by atoms with Gasteiger partial charge >= 0.3 is 0 Å². The number of carbonyl (C=O) groups excluding carboxylic acids is 1. The van der Waals surface area contributed by atoms with Crippen LogP contribution in [-0.2, 0) is 20.4 Å². The molecule has 0 heterocycles. The summed E-state index contributed by atoms with van der Waals surface area (Å²) in [7, 11) is -3.62. The van der Waals surface area contributed by atoms with Gasteiger partial charge in [-0.25, -0.2) is 8.42 Å². The molecule has 1 saturated carbocycles. The molecule has 7 heteroatoms. The van der Waals surface area contributed by atoms with Crippen LogP contribution < -0.4 is 5.32 Å². The maximum atomic E-state index is 12.5. The second-order valence-electron chi connectivity index (χ2n) is 6.66. The number of hydrogen-bond donors (Lipinski definition) is 1. The van der Waals surface area contributed by atoms with Gasteiger partial charge in [-0.05, 0) is 56.2 Å². The first-order valence-electron chi connectivity index (χ1n) is 8.15. The van der Waals surface area contributed by atoms with Crippen molar-refractivity contribution in [2.45, 2.75) is 56.6 Å². The van der Waals surface area contributed by atoms with E-state index in [1.807, 2.05) is 0 Å². The quantitative estimate of drug-likeness (QED) is 0.824. The van der Waals surface area contributed by atoms with Crippen molar-refractivity contribution in [3.63, 3.8) is 0 Å². The predicted octanol–water partition coefficient (Wildman–Crippen LogP) is 3.99. The van der Waals surface area contributed by atoms with E-state index in [-0.39, 0.29) is 11.8 Å². The molecule has 1 aromatic rings. The highest BCUT2D eigenvalue weighted by Crippen LogP contribution is 2.25. The van der Waals surface area contributed by atoms with E-state index in [9.17, 15) is 13.2 Å². The number of amides is 1. The number of rotatable bonds is 5. The van der Waals surface area contributed by atoms with Gasteiger partial charge in [-0.3, -0.25) is 4.79 Å². The molecular weight excluding hydrogens is 369 g/mol. The fraction of sp³-hybridized carbons (Fsp3) is 0.588. The number of sulfone groups is 1. The van der Waals surface area contributed by atoms with Crippen molar-refractivity contribution < 1.29 is 13.2 Å². The molecule has 1 fully saturated rings. The first kappa shape index (κ1) is 19.5. The predicted molar refractivity (Wildman–Crippen MR) is 98.1 cm³/mol. The van der Waals surface area contributed by atoms with Crippen LogP contribution in [0, 0.1) is 5.92 Å². The third-order valence-corrected chi connectivity index (χ3v) is 7.39. The molecule has 1 atom stereocenters. The number of carbonyl (C=O) groups is 1. The highest BCUT2D eigenvalue weighted by molar-refractivity contribution is 7.92. The maximum Gasteiger partial charge on any atom is 0.238 e. The first-order valence-corrected chi connectivity index (χ1v) is 10.6. The Kier molecular flexibility index (Phi) is 6.57. The molecule has 0 spiro atoms. The van der Waals surface area contributed by atoms with E-state index in [1.165, 1.54) is 13.0 Å². The molecule has 24 heavy (non-hydrogen) atoms. The van der Waals surface area contributed by atoms with E-state index in [1.54, 1.807) is 12.1 Å². The Morgan fingerprint density at radius 1 is 1.21 bits per heavy atom. The molecular formula is C17H23Cl2NO3S. The molecule has 0 radical (unpaired) electrons. The van der Waals surface area contributed by atoms with Gasteiger partial charge in [0, 0.05) is 6.04 Å². The Bertz CT molecular complexity index is 698. The topological polar surface area (TPSA) is 63.2 Å². The Balaban J connectivity index is 1.99. The number of halogens is 2. The Morgan fingerprint density at radius 3 is 2.42 bits per heavy atom. The molecule has 0 aromatic heterocycles. The molecule has 0 aliphatic heterocycles. The highest BCUT2D eigenvalue weighted by atomic mass is 35.5. The largest absolute Gasteiger partial charge is 0.352 e. The van der Waals surface area contributed by atoms with E-state index in [0.717, 1.165) is 25.7 Å². The van der Waals surface area contributed by atoms with Gasteiger partial charge in [-0.1, -0.05) is 36.2 Å². The lowest BCUT2D eigenvalue weighted by Crippen LogP contribution is -2.44. The monoisotopic (exact) mass is 391 g/mol. The Hall–Kier alpha value is -0.780. The van der Waals surface area contributed by atoms with E-state index in [0.29, 0.717) is 21.5 Å². The van der Waals surface area contributed by atoms with E-state index in [2.05, 4.69) is 12.2 Å². The average molecular weight is 392 g/mol. The van der Waals surface area contributed by atoms with Gasteiger partial charge in [0.05, 0.1) is 15.8 Å². The summed E-state index contributed by atoms with van der Waals surface area (Å²) in [6.07, 6.45) is 3.95. The molecule has 1 N–H and O–H groups in total. The van der Waals surface area contributed by atoms with Gasteiger partial charge in [0.25, 0.3) is 0 Å². The normalized spacial score (nSPS) is 22.8. The molecule has 134 valence electrons. The third-order valence-electron chi connectivity index (χ3n) is 4.62. The summed E-state index contributed by atoms with van der Waals surface area (Å²) < 4.78 is 25.0. The van der Waals surface area contributed by atoms with Crippen molar-refractivity contribution in [2.24, 2.45) is 5.92 Å². The molecule has 0 saturated heterocycles. The van der Waals surface area contributed by atoms with Gasteiger partial charge < -0.3 is 5.32 Å². The summed E-state index contributed by atoms with van der Waals surface area (Å²) in [5.74, 6) is 0.0174. The zero-order chi connectivity index (χ0) is 17.9. The molecule has 1 aromatic carbocycles. The smallest absolute Gasteiger partial charge is 0.238 e. The van der Waals surface area contributed by atoms with E-state index in [4.69, 9.17) is 23.2 Å². The number of nitrogens with one attached hydrogen (secondary N) is 1. The van der Waals surface area contributed by atoms with E-state index < -0.39 is 21.0 Å². The molecule has 0 bridgehead atoms. The minimum Gasteiger partial charge on any atom is -0.352 e. The summed E-state index contributed by atoms with van der Waals surface area (Å²) in [4.78, 5) is 12.3. The second-order valence-corrected chi connectivity index (χ2v) is 9.80. The summed E-state index contributed by atoms with van der Waals surface area (Å²) in [6.45, 7) is 3.63. The van der Waals surface area contributed by atoms with Crippen LogP contribution in [0.2, 0.25) is 10.0 Å². The van der Waals surface area contributed by atoms with Crippen LogP contribution in [0.3, 0.4) is 0 Å². The zero-order valence-electron chi connectivity index (χ0n) is 13.9. The molecule has 4 nitrogen and oxygen atoms in total. The molecule has 2 rings (SSSR count). The van der Waals surface area contributed by atoms with Crippen molar-refractivity contribution in [2.75, 3.05) is 0 Å². The van der Waals surface area contributed by atoms with Gasteiger partial charge in [0.15, 0.2) is 9.84 Å². The number of benzene rings is 1. The average Bonchev–Trinajstić information content (AvgIpc) is 2.52. The molecule has 1 amide bonds. The fourth-order valence-corrected chi connectivity index (χ4v) is 4.48.